The normalized spacial score (nSPS) is 15.8. The summed E-state index contributed by atoms with van der Waals surface area (Å²) in [4.78, 5) is 0.0972. The van der Waals surface area contributed by atoms with E-state index in [1.54, 1.807) is 14.0 Å². The summed E-state index contributed by atoms with van der Waals surface area (Å²) in [6.07, 6.45) is 4.53. The molecule has 17 heavy (non-hydrogen) atoms. The highest BCUT2D eigenvalue weighted by Gasteiger charge is 2.24. The molecular weight excluding hydrogens is 262 g/mol. The van der Waals surface area contributed by atoms with Crippen LogP contribution in [-0.2, 0) is 17.1 Å². The molecule has 0 saturated carbocycles. The van der Waals surface area contributed by atoms with E-state index in [9.17, 15) is 13.5 Å². The molecule has 0 fully saturated rings. The van der Waals surface area contributed by atoms with Crippen LogP contribution in [0.2, 0.25) is 0 Å². The molecule has 0 aliphatic carbocycles. The molecule has 0 spiro atoms. The van der Waals surface area contributed by atoms with Crippen molar-refractivity contribution in [3.05, 3.63) is 12.4 Å². The number of nitrogens with one attached hydrogen (secondary N) is 1. The predicted molar refractivity (Wildman–Crippen MR) is 67.4 cm³/mol. The Morgan fingerprint density at radius 2 is 2.29 bits per heavy atom. The molecule has 0 aliphatic heterocycles. The second kappa shape index (κ2) is 5.38. The maximum Gasteiger partial charge on any atom is 0.243 e. The van der Waals surface area contributed by atoms with E-state index in [2.05, 4.69) is 9.82 Å². The van der Waals surface area contributed by atoms with Crippen molar-refractivity contribution < 1.29 is 13.5 Å². The van der Waals surface area contributed by atoms with Gasteiger partial charge in [-0.05, 0) is 13.2 Å². The van der Waals surface area contributed by atoms with Crippen molar-refractivity contribution in [2.24, 2.45) is 7.05 Å². The van der Waals surface area contributed by atoms with Gasteiger partial charge in [0.25, 0.3) is 0 Å². The van der Waals surface area contributed by atoms with E-state index in [0.717, 1.165) is 0 Å². The monoisotopic (exact) mass is 279 g/mol. The van der Waals surface area contributed by atoms with Gasteiger partial charge in [0.2, 0.25) is 10.0 Å². The quantitative estimate of drug-likeness (QED) is 0.754. The van der Waals surface area contributed by atoms with Crippen LogP contribution < -0.4 is 4.72 Å². The van der Waals surface area contributed by atoms with Crippen LogP contribution in [0.4, 0.5) is 0 Å². The molecule has 98 valence electrons. The molecule has 6 nitrogen and oxygen atoms in total. The highest BCUT2D eigenvalue weighted by molar-refractivity contribution is 7.98. The number of hydrogen-bond donors (Lipinski definition) is 2. The lowest BCUT2D eigenvalue weighted by molar-refractivity contribution is 0.0908. The second-order valence-electron chi connectivity index (χ2n) is 4.10. The fraction of sp³-hybridized carbons (Fsp3) is 0.667. The van der Waals surface area contributed by atoms with Crippen LogP contribution in [0.3, 0.4) is 0 Å². The van der Waals surface area contributed by atoms with Gasteiger partial charge in [0, 0.05) is 25.5 Å². The van der Waals surface area contributed by atoms with Gasteiger partial charge in [-0.1, -0.05) is 0 Å². The predicted octanol–water partition coefficient (Wildman–Crippen LogP) is -0.188. The lowest BCUT2D eigenvalue weighted by Gasteiger charge is -2.22. The summed E-state index contributed by atoms with van der Waals surface area (Å²) in [5.74, 6) is 0.461. The maximum atomic E-state index is 11.8. The van der Waals surface area contributed by atoms with Gasteiger partial charge in [-0.15, -0.1) is 0 Å². The molecule has 1 aromatic rings. The molecule has 2 N–H and O–H groups in total. The summed E-state index contributed by atoms with van der Waals surface area (Å²) in [6, 6.07) is 0. The van der Waals surface area contributed by atoms with Crippen molar-refractivity contribution in [3.8, 4) is 0 Å². The molecule has 0 saturated heterocycles. The number of aliphatic hydroxyl groups is 1. The van der Waals surface area contributed by atoms with Gasteiger partial charge in [0.05, 0.1) is 11.8 Å². The Hall–Kier alpha value is -0.570. The first-order valence-corrected chi connectivity index (χ1v) is 7.84. The van der Waals surface area contributed by atoms with E-state index in [0.29, 0.717) is 5.75 Å². The Kier molecular flexibility index (Phi) is 4.59. The summed E-state index contributed by atoms with van der Waals surface area (Å²) in [6.45, 7) is 1.57. The van der Waals surface area contributed by atoms with Crippen molar-refractivity contribution in [1.82, 2.24) is 14.5 Å². The lowest BCUT2D eigenvalue weighted by atomic mass is 10.1. The topological polar surface area (TPSA) is 84.2 Å². The van der Waals surface area contributed by atoms with Crippen LogP contribution in [-0.4, -0.2) is 47.5 Å². The number of aromatic nitrogens is 2. The summed E-state index contributed by atoms with van der Waals surface area (Å²) < 4.78 is 27.4. The van der Waals surface area contributed by atoms with Crippen LogP contribution in [0.25, 0.3) is 0 Å². The van der Waals surface area contributed by atoms with Gasteiger partial charge >= 0.3 is 0 Å². The zero-order valence-electron chi connectivity index (χ0n) is 10.0. The van der Waals surface area contributed by atoms with E-state index in [1.807, 2.05) is 6.26 Å². The third-order valence-electron chi connectivity index (χ3n) is 2.09. The van der Waals surface area contributed by atoms with Crippen LogP contribution in [0.1, 0.15) is 6.92 Å². The van der Waals surface area contributed by atoms with E-state index < -0.39 is 15.6 Å². The van der Waals surface area contributed by atoms with Gasteiger partial charge < -0.3 is 5.11 Å². The molecule has 1 atom stereocenters. The van der Waals surface area contributed by atoms with Gasteiger partial charge in [-0.2, -0.15) is 16.9 Å². The summed E-state index contributed by atoms with van der Waals surface area (Å²) in [7, 11) is -1.95. The zero-order valence-corrected chi connectivity index (χ0v) is 11.7. The number of hydrogen-bond acceptors (Lipinski definition) is 5. The second-order valence-corrected chi connectivity index (χ2v) is 6.74. The highest BCUT2D eigenvalue weighted by atomic mass is 32.2. The Bertz CT molecular complexity index is 468. The number of aryl methyl sites for hydroxylation is 1. The minimum atomic E-state index is -3.59. The summed E-state index contributed by atoms with van der Waals surface area (Å²) in [5.41, 5.74) is -1.06. The maximum absolute atomic E-state index is 11.8. The van der Waals surface area contributed by atoms with E-state index in [-0.39, 0.29) is 11.4 Å². The van der Waals surface area contributed by atoms with Gasteiger partial charge in [0.15, 0.2) is 0 Å². The minimum Gasteiger partial charge on any atom is -0.388 e. The van der Waals surface area contributed by atoms with Crippen LogP contribution in [0.5, 0.6) is 0 Å². The molecule has 0 unspecified atom stereocenters. The molecule has 0 bridgehead atoms. The molecule has 1 aromatic heterocycles. The van der Waals surface area contributed by atoms with Crippen molar-refractivity contribution in [2.75, 3.05) is 18.6 Å². The van der Waals surface area contributed by atoms with Crippen molar-refractivity contribution in [1.29, 1.82) is 0 Å². The standard InChI is InChI=1S/C9H17N3O3S2/c1-9(13,7-16-3)6-11-17(14,15)8-4-10-12(2)5-8/h4-5,11,13H,6-7H2,1-3H3/t9-/m0/s1. The third kappa shape index (κ3) is 4.30. The van der Waals surface area contributed by atoms with Crippen molar-refractivity contribution in [3.63, 3.8) is 0 Å². The van der Waals surface area contributed by atoms with Crippen LogP contribution >= 0.6 is 11.8 Å². The van der Waals surface area contributed by atoms with Gasteiger partial charge in [-0.3, -0.25) is 4.68 Å². The Morgan fingerprint density at radius 3 is 2.76 bits per heavy atom. The lowest BCUT2D eigenvalue weighted by Crippen LogP contribution is -2.42. The van der Waals surface area contributed by atoms with E-state index >= 15 is 0 Å². The smallest absolute Gasteiger partial charge is 0.243 e. The molecule has 0 radical (unpaired) electrons. The van der Waals surface area contributed by atoms with Gasteiger partial charge in [0.1, 0.15) is 4.90 Å². The Balaban J connectivity index is 2.69. The average molecular weight is 279 g/mol. The van der Waals surface area contributed by atoms with Gasteiger partial charge in [-0.25, -0.2) is 13.1 Å². The summed E-state index contributed by atoms with van der Waals surface area (Å²) >= 11 is 1.46. The average Bonchev–Trinajstić information content (AvgIpc) is 2.63. The molecule has 0 aromatic carbocycles. The van der Waals surface area contributed by atoms with Crippen LogP contribution in [0.15, 0.2) is 17.3 Å². The summed E-state index contributed by atoms with van der Waals surface area (Å²) in [5, 5.41) is 13.7. The first kappa shape index (κ1) is 14.5. The largest absolute Gasteiger partial charge is 0.388 e. The van der Waals surface area contributed by atoms with Crippen LogP contribution in [0, 0.1) is 0 Å². The molecule has 1 heterocycles. The molecule has 1 rings (SSSR count). The van der Waals surface area contributed by atoms with Crippen molar-refractivity contribution in [2.45, 2.75) is 17.4 Å². The number of thioether (sulfide) groups is 1. The van der Waals surface area contributed by atoms with Crippen molar-refractivity contribution >= 4 is 21.8 Å². The zero-order chi connectivity index (χ0) is 13.1. The molecule has 8 heteroatoms. The SMILES string of the molecule is CSC[C@@](C)(O)CNS(=O)(=O)c1cnn(C)c1. The molecule has 0 amide bonds. The minimum absolute atomic E-state index is 0.0228. The third-order valence-corrected chi connectivity index (χ3v) is 4.36. The Morgan fingerprint density at radius 1 is 1.65 bits per heavy atom. The first-order chi connectivity index (χ1) is 7.77. The fourth-order valence-electron chi connectivity index (χ4n) is 1.23. The fourth-order valence-corrected chi connectivity index (χ4v) is 3.10. The van der Waals surface area contributed by atoms with E-state index in [1.165, 1.54) is 28.8 Å². The molecular formula is C9H17N3O3S2. The first-order valence-electron chi connectivity index (χ1n) is 4.96. The van der Waals surface area contributed by atoms with E-state index in [4.69, 9.17) is 0 Å². The number of sulfonamides is 1. The highest BCUT2D eigenvalue weighted by Crippen LogP contribution is 2.11. The Labute approximate surface area is 105 Å². The number of nitrogens with zero attached hydrogens (tertiary/aromatic N) is 2. The molecule has 0 aliphatic rings. The number of rotatable bonds is 6.